The molecule has 1 aromatic carbocycles. The summed E-state index contributed by atoms with van der Waals surface area (Å²) in [6, 6.07) is 9.87. The van der Waals surface area contributed by atoms with E-state index in [1.54, 1.807) is 0 Å². The summed E-state index contributed by atoms with van der Waals surface area (Å²) < 4.78 is 0. The van der Waals surface area contributed by atoms with Crippen LogP contribution in [0.3, 0.4) is 0 Å². The van der Waals surface area contributed by atoms with Crippen molar-refractivity contribution in [2.45, 2.75) is 37.2 Å². The maximum Gasteiger partial charge on any atom is 0.109 e. The third-order valence-electron chi connectivity index (χ3n) is 5.44. The zero-order valence-electron chi connectivity index (χ0n) is 13.9. The molecule has 6 heteroatoms. The fourth-order valence-corrected chi connectivity index (χ4v) is 3.93. The molecule has 0 radical (unpaired) electrons. The number of β-amino-alcohol motifs (C(OH)–C–C–N with tert-alkyl or cyclic N) is 1. The van der Waals surface area contributed by atoms with Crippen LogP contribution in [0.2, 0.25) is 0 Å². The number of benzene rings is 1. The molecule has 2 aliphatic heterocycles. The molecule has 0 spiro atoms. The number of para-hydroxylation sites is 1. The Balaban J connectivity index is 1.55. The van der Waals surface area contributed by atoms with E-state index in [-0.39, 0.29) is 6.61 Å². The molecule has 0 aliphatic carbocycles. The molecule has 6 nitrogen and oxygen atoms in total. The van der Waals surface area contributed by atoms with E-state index in [4.69, 9.17) is 0 Å². The van der Waals surface area contributed by atoms with Crippen LogP contribution in [0.4, 0.5) is 5.69 Å². The van der Waals surface area contributed by atoms with Crippen LogP contribution in [-0.2, 0) is 0 Å². The standard InChI is InChI=1S/C18H28N2O4/c21-12-15-17(23)18(24)16(22)11-20(15)10-13-6-8-19(9-7-13)14-4-2-1-3-5-14/h1-5,13,15-18,21-24H,6-12H2/t15-,16-,17+,18+/m0/s1. The number of anilines is 1. The molecule has 0 amide bonds. The minimum absolute atomic E-state index is 0.214. The lowest BCUT2D eigenvalue weighted by Crippen LogP contribution is -2.63. The molecular formula is C18H28N2O4. The van der Waals surface area contributed by atoms with Crippen LogP contribution < -0.4 is 4.90 Å². The summed E-state index contributed by atoms with van der Waals surface area (Å²) in [6.45, 7) is 2.78. The number of aliphatic hydroxyl groups is 4. The van der Waals surface area contributed by atoms with Gasteiger partial charge in [0.2, 0.25) is 0 Å². The van der Waals surface area contributed by atoms with E-state index in [0.29, 0.717) is 12.5 Å². The molecule has 0 aromatic heterocycles. The van der Waals surface area contributed by atoms with Gasteiger partial charge in [-0.15, -0.1) is 0 Å². The van der Waals surface area contributed by atoms with Crippen LogP contribution in [0.1, 0.15) is 12.8 Å². The van der Waals surface area contributed by atoms with Gasteiger partial charge < -0.3 is 25.3 Å². The molecule has 134 valence electrons. The van der Waals surface area contributed by atoms with Crippen molar-refractivity contribution in [1.82, 2.24) is 4.90 Å². The van der Waals surface area contributed by atoms with E-state index in [0.717, 1.165) is 32.5 Å². The molecule has 4 atom stereocenters. The third kappa shape index (κ3) is 3.73. The van der Waals surface area contributed by atoms with E-state index in [1.807, 2.05) is 11.0 Å². The second-order valence-electron chi connectivity index (χ2n) is 7.02. The van der Waals surface area contributed by atoms with E-state index >= 15 is 0 Å². The molecule has 1 aromatic rings. The number of rotatable bonds is 4. The van der Waals surface area contributed by atoms with Crippen molar-refractivity contribution in [3.05, 3.63) is 30.3 Å². The van der Waals surface area contributed by atoms with Crippen LogP contribution in [0.25, 0.3) is 0 Å². The second kappa shape index (κ2) is 7.80. The summed E-state index contributed by atoms with van der Waals surface area (Å²) in [5.41, 5.74) is 1.25. The molecule has 2 aliphatic rings. The molecule has 4 N–H and O–H groups in total. The SMILES string of the molecule is OC[C@H]1[C@@H](O)[C@H](O)[C@@H](O)CN1CC1CCN(c2ccccc2)CC1. The van der Waals surface area contributed by atoms with Crippen molar-refractivity contribution >= 4 is 5.69 Å². The van der Waals surface area contributed by atoms with Crippen molar-refractivity contribution in [3.8, 4) is 0 Å². The molecule has 0 bridgehead atoms. The Hall–Kier alpha value is -1.18. The Morgan fingerprint density at radius 2 is 1.62 bits per heavy atom. The van der Waals surface area contributed by atoms with Gasteiger partial charge in [-0.3, -0.25) is 4.90 Å². The predicted molar refractivity (Wildman–Crippen MR) is 91.8 cm³/mol. The van der Waals surface area contributed by atoms with Crippen molar-refractivity contribution in [2.75, 3.05) is 37.7 Å². The maximum atomic E-state index is 10.1. The van der Waals surface area contributed by atoms with Crippen LogP contribution in [-0.4, -0.2) is 82.5 Å². The van der Waals surface area contributed by atoms with E-state index < -0.39 is 24.4 Å². The molecule has 0 unspecified atom stereocenters. The van der Waals surface area contributed by atoms with E-state index in [2.05, 4.69) is 29.2 Å². The van der Waals surface area contributed by atoms with Crippen LogP contribution in [0, 0.1) is 5.92 Å². The summed E-state index contributed by atoms with van der Waals surface area (Å²) in [6.07, 6.45) is -1.18. The van der Waals surface area contributed by atoms with Gasteiger partial charge in [0, 0.05) is 31.9 Å². The maximum absolute atomic E-state index is 10.1. The van der Waals surface area contributed by atoms with Gasteiger partial charge in [-0.1, -0.05) is 18.2 Å². The molecule has 2 heterocycles. The molecular weight excluding hydrogens is 308 g/mol. The van der Waals surface area contributed by atoms with Crippen molar-refractivity contribution in [3.63, 3.8) is 0 Å². The number of nitrogens with zero attached hydrogens (tertiary/aromatic N) is 2. The molecule has 24 heavy (non-hydrogen) atoms. The topological polar surface area (TPSA) is 87.4 Å². The first-order valence-electron chi connectivity index (χ1n) is 8.79. The minimum Gasteiger partial charge on any atom is -0.395 e. The Morgan fingerprint density at radius 1 is 0.958 bits per heavy atom. The first-order chi connectivity index (χ1) is 11.6. The average molecular weight is 336 g/mol. The summed E-state index contributed by atoms with van der Waals surface area (Å²) in [4.78, 5) is 4.31. The monoisotopic (exact) mass is 336 g/mol. The number of hydrogen-bond acceptors (Lipinski definition) is 6. The highest BCUT2D eigenvalue weighted by atomic mass is 16.4. The number of hydrogen-bond donors (Lipinski definition) is 4. The minimum atomic E-state index is -1.18. The highest BCUT2D eigenvalue weighted by Crippen LogP contribution is 2.26. The average Bonchev–Trinajstić information content (AvgIpc) is 2.61. The lowest BCUT2D eigenvalue weighted by Gasteiger charge is -2.45. The Labute approximate surface area is 142 Å². The summed E-state index contributed by atoms with van der Waals surface area (Å²) in [5.74, 6) is 0.466. The van der Waals surface area contributed by atoms with E-state index in [9.17, 15) is 20.4 Å². The second-order valence-corrected chi connectivity index (χ2v) is 7.02. The van der Waals surface area contributed by atoms with Crippen molar-refractivity contribution in [1.29, 1.82) is 0 Å². The quantitative estimate of drug-likeness (QED) is 0.602. The normalized spacial score (nSPS) is 32.9. The Kier molecular flexibility index (Phi) is 5.73. The van der Waals surface area contributed by atoms with Crippen LogP contribution >= 0.6 is 0 Å². The Morgan fingerprint density at radius 3 is 2.25 bits per heavy atom. The zero-order valence-corrected chi connectivity index (χ0v) is 13.9. The van der Waals surface area contributed by atoms with Crippen LogP contribution in [0.5, 0.6) is 0 Å². The number of aliphatic hydroxyl groups excluding tert-OH is 4. The summed E-state index contributed by atoms with van der Waals surface area (Å²) in [5, 5.41) is 39.3. The van der Waals surface area contributed by atoms with Gasteiger partial charge in [-0.05, 0) is 30.9 Å². The van der Waals surface area contributed by atoms with Gasteiger partial charge in [0.05, 0.1) is 18.8 Å². The molecule has 2 saturated heterocycles. The molecule has 0 saturated carbocycles. The highest BCUT2D eigenvalue weighted by Gasteiger charge is 2.41. The fourth-order valence-electron chi connectivity index (χ4n) is 3.93. The Bertz CT molecular complexity index is 507. The summed E-state index contributed by atoms with van der Waals surface area (Å²) >= 11 is 0. The predicted octanol–water partition coefficient (Wildman–Crippen LogP) is -0.338. The van der Waals surface area contributed by atoms with Gasteiger partial charge >= 0.3 is 0 Å². The lowest BCUT2D eigenvalue weighted by atomic mass is 9.90. The largest absolute Gasteiger partial charge is 0.395 e. The zero-order chi connectivity index (χ0) is 17.1. The summed E-state index contributed by atoms with van der Waals surface area (Å²) in [7, 11) is 0. The van der Waals surface area contributed by atoms with Crippen LogP contribution in [0.15, 0.2) is 30.3 Å². The van der Waals surface area contributed by atoms with Crippen molar-refractivity contribution < 1.29 is 20.4 Å². The van der Waals surface area contributed by atoms with Gasteiger partial charge in [0.1, 0.15) is 12.2 Å². The smallest absolute Gasteiger partial charge is 0.109 e. The van der Waals surface area contributed by atoms with Crippen molar-refractivity contribution in [2.24, 2.45) is 5.92 Å². The molecule has 2 fully saturated rings. The van der Waals surface area contributed by atoms with Gasteiger partial charge in [0.15, 0.2) is 0 Å². The number of piperidine rings is 2. The first-order valence-corrected chi connectivity index (χ1v) is 8.79. The lowest BCUT2D eigenvalue weighted by molar-refractivity contribution is -0.147. The third-order valence-corrected chi connectivity index (χ3v) is 5.44. The van der Waals surface area contributed by atoms with Gasteiger partial charge in [-0.2, -0.15) is 0 Å². The van der Waals surface area contributed by atoms with Gasteiger partial charge in [-0.25, -0.2) is 0 Å². The number of likely N-dealkylation sites (tertiary alicyclic amines) is 1. The fraction of sp³-hybridized carbons (Fsp3) is 0.667. The molecule has 3 rings (SSSR count). The van der Waals surface area contributed by atoms with E-state index in [1.165, 1.54) is 5.69 Å². The first kappa shape index (κ1) is 17.6. The highest BCUT2D eigenvalue weighted by molar-refractivity contribution is 5.46. The van der Waals surface area contributed by atoms with Gasteiger partial charge in [0.25, 0.3) is 0 Å².